The lowest BCUT2D eigenvalue weighted by atomic mass is 10.2. The molecule has 4 rings (SSSR count). The van der Waals surface area contributed by atoms with Crippen LogP contribution in [0.3, 0.4) is 0 Å². The average Bonchev–Trinajstić information content (AvgIpc) is 3.38. The van der Waals surface area contributed by atoms with Crippen molar-refractivity contribution in [2.75, 3.05) is 37.4 Å². The second-order valence-electron chi connectivity index (χ2n) is 7.53. The zero-order valence-electron chi connectivity index (χ0n) is 16.4. The van der Waals surface area contributed by atoms with Gasteiger partial charge in [0.1, 0.15) is 30.1 Å². The molecule has 1 unspecified atom stereocenters. The molecular weight excluding hydrogens is 368 g/mol. The number of anilines is 3. The van der Waals surface area contributed by atoms with E-state index < -0.39 is 0 Å². The maximum atomic E-state index is 12.2. The molecule has 1 fully saturated rings. The number of benzene rings is 1. The molecule has 0 bridgehead atoms. The van der Waals surface area contributed by atoms with E-state index in [0.29, 0.717) is 11.6 Å². The largest absolute Gasteiger partial charge is 0.633 e. The Balaban J connectivity index is 1.43. The topological polar surface area (TPSA) is 106 Å². The van der Waals surface area contributed by atoms with Crippen LogP contribution in [0.1, 0.15) is 12.1 Å². The van der Waals surface area contributed by atoms with Crippen molar-refractivity contribution in [1.29, 1.82) is 5.26 Å². The molecule has 29 heavy (non-hydrogen) atoms. The molecule has 1 atom stereocenters. The number of nitriles is 1. The molecule has 9 nitrogen and oxygen atoms in total. The maximum Gasteiger partial charge on any atom is 0.158 e. The van der Waals surface area contributed by atoms with Crippen molar-refractivity contribution < 1.29 is 4.65 Å². The van der Waals surface area contributed by atoms with Gasteiger partial charge in [0.2, 0.25) is 0 Å². The minimum absolute atomic E-state index is 0.113. The molecule has 1 aliphatic heterocycles. The number of likely N-dealkylation sites (N-methyl/N-ethyl adjacent to an activating group) is 1. The predicted molar refractivity (Wildman–Crippen MR) is 110 cm³/mol. The standard InChI is InChI=1S/C20H22N8O/c1-28(2,29)18-7-8-26(12-18)16-3-5-17(6-4-16)27-13-20(24-14-27)25-19-11-22-15(9-21)10-23-19/h3-6,10-11,13-14,18H,7-8,12H2,1-2H3,(H,23,25). The summed E-state index contributed by atoms with van der Waals surface area (Å²) >= 11 is 0. The Hall–Kier alpha value is -3.48. The van der Waals surface area contributed by atoms with Gasteiger partial charge in [-0.3, -0.25) is 0 Å². The number of imidazole rings is 1. The third-order valence-electron chi connectivity index (χ3n) is 5.16. The van der Waals surface area contributed by atoms with Gasteiger partial charge in [-0.05, 0) is 24.3 Å². The summed E-state index contributed by atoms with van der Waals surface area (Å²) in [5, 5.41) is 24.0. The van der Waals surface area contributed by atoms with Crippen LogP contribution < -0.4 is 10.2 Å². The van der Waals surface area contributed by atoms with E-state index in [1.54, 1.807) is 20.4 Å². The highest BCUT2D eigenvalue weighted by atomic mass is 16.5. The van der Waals surface area contributed by atoms with Crippen LogP contribution in [0.25, 0.3) is 5.69 Å². The highest BCUT2D eigenvalue weighted by Gasteiger charge is 2.30. The Bertz CT molecular complexity index is 1010. The number of aromatic nitrogens is 4. The van der Waals surface area contributed by atoms with E-state index in [2.05, 4.69) is 37.3 Å². The van der Waals surface area contributed by atoms with Gasteiger partial charge in [-0.1, -0.05) is 0 Å². The SMILES string of the molecule is C[N+](C)([O-])C1CCN(c2ccc(-n3cnc(Nc4cnc(C#N)cn4)c3)cc2)C1. The fourth-order valence-corrected chi connectivity index (χ4v) is 3.43. The van der Waals surface area contributed by atoms with Crippen molar-refractivity contribution in [2.24, 2.45) is 0 Å². The molecule has 1 N–H and O–H groups in total. The summed E-state index contributed by atoms with van der Waals surface area (Å²) in [5.74, 6) is 1.15. The minimum atomic E-state index is -0.247. The van der Waals surface area contributed by atoms with Gasteiger partial charge in [-0.15, -0.1) is 0 Å². The summed E-state index contributed by atoms with van der Waals surface area (Å²) in [6.45, 7) is 1.68. The average molecular weight is 390 g/mol. The molecule has 148 valence electrons. The Labute approximate surface area is 169 Å². The molecular formula is C20H22N8O. The van der Waals surface area contributed by atoms with E-state index in [0.717, 1.165) is 30.9 Å². The van der Waals surface area contributed by atoms with E-state index in [1.165, 1.54) is 12.4 Å². The summed E-state index contributed by atoms with van der Waals surface area (Å²) in [5.41, 5.74) is 2.37. The van der Waals surface area contributed by atoms with E-state index in [9.17, 15) is 5.21 Å². The summed E-state index contributed by atoms with van der Waals surface area (Å²) in [6, 6.07) is 10.3. The van der Waals surface area contributed by atoms with Crippen LogP contribution in [-0.4, -0.2) is 57.4 Å². The summed E-state index contributed by atoms with van der Waals surface area (Å²) < 4.78 is 1.66. The van der Waals surface area contributed by atoms with E-state index in [1.807, 2.05) is 29.0 Å². The third-order valence-corrected chi connectivity index (χ3v) is 5.16. The molecule has 0 saturated carbocycles. The lowest BCUT2D eigenvalue weighted by molar-refractivity contribution is -0.863. The van der Waals surface area contributed by atoms with Gasteiger partial charge >= 0.3 is 0 Å². The molecule has 3 aromatic rings. The van der Waals surface area contributed by atoms with Gasteiger partial charge in [-0.2, -0.15) is 5.26 Å². The highest BCUT2D eigenvalue weighted by Crippen LogP contribution is 2.26. The Morgan fingerprint density at radius 1 is 1.10 bits per heavy atom. The summed E-state index contributed by atoms with van der Waals surface area (Å²) in [7, 11) is 3.43. The van der Waals surface area contributed by atoms with Crippen LogP contribution in [-0.2, 0) is 0 Å². The molecule has 1 aliphatic rings. The number of nitrogens with zero attached hydrogens (tertiary/aromatic N) is 7. The Morgan fingerprint density at radius 3 is 2.48 bits per heavy atom. The van der Waals surface area contributed by atoms with Crippen LogP contribution in [0.5, 0.6) is 0 Å². The molecule has 1 aromatic carbocycles. The number of quaternary nitrogens is 1. The van der Waals surface area contributed by atoms with E-state index in [-0.39, 0.29) is 16.4 Å². The minimum Gasteiger partial charge on any atom is -0.633 e. The zero-order valence-corrected chi connectivity index (χ0v) is 16.4. The molecule has 3 heterocycles. The van der Waals surface area contributed by atoms with Gasteiger partial charge in [0, 0.05) is 24.3 Å². The predicted octanol–water partition coefficient (Wildman–Crippen LogP) is 2.43. The first-order valence-electron chi connectivity index (χ1n) is 9.35. The molecule has 0 aliphatic carbocycles. The monoisotopic (exact) mass is 390 g/mol. The van der Waals surface area contributed by atoms with Crippen LogP contribution in [0, 0.1) is 16.5 Å². The lowest BCUT2D eigenvalue weighted by Gasteiger charge is -2.39. The normalized spacial score (nSPS) is 16.6. The molecule has 0 amide bonds. The molecule has 2 aromatic heterocycles. The fourth-order valence-electron chi connectivity index (χ4n) is 3.43. The highest BCUT2D eigenvalue weighted by molar-refractivity contribution is 5.54. The van der Waals surface area contributed by atoms with Crippen molar-refractivity contribution in [3.8, 4) is 11.8 Å². The summed E-state index contributed by atoms with van der Waals surface area (Å²) in [4.78, 5) is 14.7. The maximum absolute atomic E-state index is 12.2. The van der Waals surface area contributed by atoms with Crippen molar-refractivity contribution >= 4 is 17.3 Å². The Morgan fingerprint density at radius 2 is 1.86 bits per heavy atom. The quantitative estimate of drug-likeness (QED) is 0.527. The van der Waals surface area contributed by atoms with Gasteiger partial charge < -0.3 is 24.6 Å². The van der Waals surface area contributed by atoms with Gasteiger partial charge in [-0.25, -0.2) is 15.0 Å². The van der Waals surface area contributed by atoms with Gasteiger partial charge in [0.25, 0.3) is 0 Å². The second kappa shape index (κ2) is 7.50. The fraction of sp³-hybridized carbons (Fsp3) is 0.300. The molecule has 1 saturated heterocycles. The van der Waals surface area contributed by atoms with Gasteiger partial charge in [0.05, 0.1) is 39.2 Å². The number of nitrogens with one attached hydrogen (secondary N) is 1. The first kappa shape index (κ1) is 18.9. The van der Waals surface area contributed by atoms with E-state index >= 15 is 0 Å². The van der Waals surface area contributed by atoms with Crippen molar-refractivity contribution in [1.82, 2.24) is 19.5 Å². The zero-order chi connectivity index (χ0) is 20.4. The molecule has 0 spiro atoms. The van der Waals surface area contributed by atoms with Crippen LogP contribution in [0.4, 0.5) is 17.3 Å². The Kier molecular flexibility index (Phi) is 4.88. The number of hydrogen-bond donors (Lipinski definition) is 1. The van der Waals surface area contributed by atoms with E-state index in [4.69, 9.17) is 5.26 Å². The number of hydrogen-bond acceptors (Lipinski definition) is 7. The first-order chi connectivity index (χ1) is 13.9. The van der Waals surface area contributed by atoms with Crippen molar-refractivity contribution in [2.45, 2.75) is 12.5 Å². The van der Waals surface area contributed by atoms with Crippen molar-refractivity contribution in [3.63, 3.8) is 0 Å². The number of rotatable bonds is 5. The lowest BCUT2D eigenvalue weighted by Crippen LogP contribution is -2.44. The third kappa shape index (κ3) is 4.18. The first-order valence-corrected chi connectivity index (χ1v) is 9.35. The summed E-state index contributed by atoms with van der Waals surface area (Å²) in [6.07, 6.45) is 7.40. The smallest absolute Gasteiger partial charge is 0.158 e. The number of hydroxylamine groups is 3. The van der Waals surface area contributed by atoms with Gasteiger partial charge in [0.15, 0.2) is 5.69 Å². The van der Waals surface area contributed by atoms with Crippen LogP contribution >= 0.6 is 0 Å². The van der Waals surface area contributed by atoms with Crippen LogP contribution in [0.2, 0.25) is 0 Å². The van der Waals surface area contributed by atoms with Crippen LogP contribution in [0.15, 0.2) is 49.2 Å². The molecule has 0 radical (unpaired) electrons. The second-order valence-corrected chi connectivity index (χ2v) is 7.53. The molecule has 9 heteroatoms. The van der Waals surface area contributed by atoms with Crippen molar-refractivity contribution in [3.05, 3.63) is 60.1 Å².